The number of nitro benzene ring substituents is 1. The van der Waals surface area contributed by atoms with Crippen molar-refractivity contribution in [3.63, 3.8) is 0 Å². The van der Waals surface area contributed by atoms with Crippen LogP contribution in [0.3, 0.4) is 0 Å². The first kappa shape index (κ1) is 14.8. The van der Waals surface area contributed by atoms with Crippen LogP contribution in [0.15, 0.2) is 47.6 Å². The van der Waals surface area contributed by atoms with E-state index in [1.165, 1.54) is 18.2 Å². The number of allylic oxidation sites excluding steroid dienone is 4. The number of para-hydroxylation sites is 2. The Bertz CT molecular complexity index is 816. The molecule has 4 atom stereocenters. The molecular weight excluding hydrogens is 308 g/mol. The number of hydrogen-bond acceptors (Lipinski definition) is 4. The Morgan fingerprint density at radius 2 is 1.58 bits per heavy atom. The van der Waals surface area contributed by atoms with Crippen LogP contribution in [-0.2, 0) is 9.59 Å². The van der Waals surface area contributed by atoms with Crippen molar-refractivity contribution in [3.05, 3.63) is 57.7 Å². The van der Waals surface area contributed by atoms with E-state index in [9.17, 15) is 19.7 Å². The maximum atomic E-state index is 13.0. The molecule has 6 heteroatoms. The van der Waals surface area contributed by atoms with E-state index in [4.69, 9.17) is 0 Å². The summed E-state index contributed by atoms with van der Waals surface area (Å²) in [6, 6.07) is 5.91. The Morgan fingerprint density at radius 3 is 2.08 bits per heavy atom. The number of anilines is 1. The zero-order chi connectivity index (χ0) is 17.2. The Balaban J connectivity index is 1.81. The van der Waals surface area contributed by atoms with Gasteiger partial charge in [-0.2, -0.15) is 0 Å². The van der Waals surface area contributed by atoms with E-state index >= 15 is 0 Å². The number of nitrogens with zero attached hydrogens (tertiary/aromatic N) is 2. The average Bonchev–Trinajstić information content (AvgIpc) is 3.17. The van der Waals surface area contributed by atoms with Crippen molar-refractivity contribution in [3.8, 4) is 0 Å². The van der Waals surface area contributed by atoms with Crippen LogP contribution in [0.2, 0.25) is 0 Å². The largest absolute Gasteiger partial charge is 0.293 e. The quantitative estimate of drug-likeness (QED) is 0.362. The van der Waals surface area contributed by atoms with Crippen molar-refractivity contribution in [1.82, 2.24) is 0 Å². The fraction of sp³-hybridized carbons (Fsp3) is 0.333. The number of amides is 2. The van der Waals surface area contributed by atoms with Gasteiger partial charge < -0.3 is 0 Å². The predicted octanol–water partition coefficient (Wildman–Crippen LogP) is 2.85. The molecule has 2 bridgehead atoms. The van der Waals surface area contributed by atoms with Gasteiger partial charge in [0.05, 0.1) is 16.8 Å². The van der Waals surface area contributed by atoms with Crippen LogP contribution >= 0.6 is 0 Å². The summed E-state index contributed by atoms with van der Waals surface area (Å²) in [5, 5.41) is 11.3. The van der Waals surface area contributed by atoms with Crippen molar-refractivity contribution in [2.75, 3.05) is 4.90 Å². The van der Waals surface area contributed by atoms with Gasteiger partial charge in [-0.15, -0.1) is 0 Å². The minimum absolute atomic E-state index is 0.0609. The smallest absolute Gasteiger partial charge is 0.274 e. The van der Waals surface area contributed by atoms with Crippen molar-refractivity contribution >= 4 is 23.2 Å². The average molecular weight is 324 g/mol. The Morgan fingerprint density at radius 1 is 1.04 bits per heavy atom. The van der Waals surface area contributed by atoms with Gasteiger partial charge >= 0.3 is 0 Å². The predicted molar refractivity (Wildman–Crippen MR) is 87.1 cm³/mol. The van der Waals surface area contributed by atoms with E-state index in [1.807, 2.05) is 26.0 Å². The minimum Gasteiger partial charge on any atom is -0.274 e. The third-order valence-electron chi connectivity index (χ3n) is 5.31. The lowest BCUT2D eigenvalue weighted by atomic mass is 9.85. The standard InChI is InChI=1S/C18H16N2O4/c1-9(2)14-10-7-8-11(14)16-15(10)17(21)19(18(16)22)12-5-3-4-6-13(12)20(23)24/h3-8,10-11,15-16H,1-2H3. The first-order valence-electron chi connectivity index (χ1n) is 7.90. The van der Waals surface area contributed by atoms with Crippen molar-refractivity contribution in [2.24, 2.45) is 23.7 Å². The molecule has 1 aromatic carbocycles. The van der Waals surface area contributed by atoms with Crippen molar-refractivity contribution in [2.45, 2.75) is 13.8 Å². The zero-order valence-corrected chi connectivity index (χ0v) is 13.3. The summed E-state index contributed by atoms with van der Waals surface area (Å²) >= 11 is 0. The van der Waals surface area contributed by atoms with E-state index < -0.39 is 16.8 Å². The van der Waals surface area contributed by atoms with Gasteiger partial charge in [0, 0.05) is 17.9 Å². The van der Waals surface area contributed by atoms with Gasteiger partial charge in [-0.25, -0.2) is 4.90 Å². The molecule has 2 amide bonds. The lowest BCUT2D eigenvalue weighted by Gasteiger charge is -2.19. The first-order chi connectivity index (χ1) is 11.4. The van der Waals surface area contributed by atoms with Gasteiger partial charge in [0.1, 0.15) is 5.69 Å². The summed E-state index contributed by atoms with van der Waals surface area (Å²) < 4.78 is 0. The normalized spacial score (nSPS) is 30.2. The molecule has 6 nitrogen and oxygen atoms in total. The van der Waals surface area contributed by atoms with Gasteiger partial charge in [-0.3, -0.25) is 19.7 Å². The molecule has 0 N–H and O–H groups in total. The summed E-state index contributed by atoms with van der Waals surface area (Å²) in [6.07, 6.45) is 4.00. The van der Waals surface area contributed by atoms with E-state index in [0.29, 0.717) is 0 Å². The third-order valence-corrected chi connectivity index (χ3v) is 5.31. The van der Waals surface area contributed by atoms with Gasteiger partial charge in [0.15, 0.2) is 0 Å². The number of carbonyl (C=O) groups is 2. The SMILES string of the molecule is CC(C)=C1C2C=CC1C1C(=O)N(c3ccccc3[N+](=O)[O-])C(=O)C21. The van der Waals surface area contributed by atoms with Crippen LogP contribution in [0.4, 0.5) is 11.4 Å². The summed E-state index contributed by atoms with van der Waals surface area (Å²) in [6.45, 7) is 4.00. The highest BCUT2D eigenvalue weighted by Gasteiger charge is 2.62. The molecule has 2 aliphatic carbocycles. The monoisotopic (exact) mass is 324 g/mol. The highest BCUT2D eigenvalue weighted by atomic mass is 16.6. The second-order valence-electron chi connectivity index (χ2n) is 6.70. The maximum absolute atomic E-state index is 13.0. The van der Waals surface area contributed by atoms with Crippen LogP contribution in [0.5, 0.6) is 0 Å². The van der Waals surface area contributed by atoms with Gasteiger partial charge in [-0.1, -0.05) is 35.4 Å². The fourth-order valence-corrected chi connectivity index (χ4v) is 4.47. The Hall–Kier alpha value is -2.76. The molecule has 4 rings (SSSR count). The van der Waals surface area contributed by atoms with E-state index in [1.54, 1.807) is 6.07 Å². The maximum Gasteiger partial charge on any atom is 0.293 e. The molecule has 1 aromatic rings. The van der Waals surface area contributed by atoms with E-state index in [0.717, 1.165) is 16.0 Å². The Kier molecular flexibility index (Phi) is 3.00. The second kappa shape index (κ2) is 4.87. The number of rotatable bonds is 2. The van der Waals surface area contributed by atoms with Crippen LogP contribution in [-0.4, -0.2) is 16.7 Å². The summed E-state index contributed by atoms with van der Waals surface area (Å²) in [5.74, 6) is -1.64. The molecule has 1 aliphatic heterocycles. The number of nitro groups is 1. The summed E-state index contributed by atoms with van der Waals surface area (Å²) in [7, 11) is 0. The zero-order valence-electron chi connectivity index (χ0n) is 13.3. The molecule has 0 radical (unpaired) electrons. The first-order valence-corrected chi connectivity index (χ1v) is 7.90. The van der Waals surface area contributed by atoms with E-state index in [2.05, 4.69) is 0 Å². The molecule has 0 spiro atoms. The number of fused-ring (bicyclic) bond motifs is 5. The second-order valence-corrected chi connectivity index (χ2v) is 6.70. The van der Waals surface area contributed by atoms with Gasteiger partial charge in [-0.05, 0) is 19.9 Å². The molecule has 24 heavy (non-hydrogen) atoms. The van der Waals surface area contributed by atoms with Crippen LogP contribution in [0.25, 0.3) is 0 Å². The van der Waals surface area contributed by atoms with Gasteiger partial charge in [0.2, 0.25) is 11.8 Å². The molecule has 122 valence electrons. The molecule has 1 saturated heterocycles. The molecule has 1 heterocycles. The van der Waals surface area contributed by atoms with Crippen LogP contribution in [0.1, 0.15) is 13.8 Å². The number of hydrogen-bond donors (Lipinski definition) is 0. The van der Waals surface area contributed by atoms with Crippen molar-refractivity contribution in [1.29, 1.82) is 0 Å². The topological polar surface area (TPSA) is 80.5 Å². The molecule has 2 fully saturated rings. The minimum atomic E-state index is -0.557. The fourth-order valence-electron chi connectivity index (χ4n) is 4.47. The number of imide groups is 1. The molecule has 3 aliphatic rings. The molecule has 1 saturated carbocycles. The lowest BCUT2D eigenvalue weighted by Crippen LogP contribution is -2.33. The summed E-state index contributed by atoms with van der Waals surface area (Å²) in [4.78, 5) is 37.6. The highest BCUT2D eigenvalue weighted by molar-refractivity contribution is 6.24. The Labute approximate surface area is 138 Å². The van der Waals surface area contributed by atoms with E-state index in [-0.39, 0.29) is 35.0 Å². The molecule has 0 aromatic heterocycles. The van der Waals surface area contributed by atoms with Crippen LogP contribution in [0, 0.1) is 33.8 Å². The van der Waals surface area contributed by atoms with Crippen molar-refractivity contribution < 1.29 is 14.5 Å². The third kappa shape index (κ3) is 1.71. The van der Waals surface area contributed by atoms with Gasteiger partial charge in [0.25, 0.3) is 5.69 Å². The molecular formula is C18H16N2O4. The number of carbonyl (C=O) groups excluding carboxylic acids is 2. The lowest BCUT2D eigenvalue weighted by molar-refractivity contribution is -0.384. The number of benzene rings is 1. The molecule has 4 unspecified atom stereocenters. The highest BCUT2D eigenvalue weighted by Crippen LogP contribution is 2.57. The summed E-state index contributed by atoms with van der Waals surface area (Å²) in [5.41, 5.74) is 2.16. The van der Waals surface area contributed by atoms with Crippen LogP contribution < -0.4 is 4.90 Å².